The van der Waals surface area contributed by atoms with Gasteiger partial charge in [-0.3, -0.25) is 14.6 Å². The SMILES string of the molecule is COCCNC(=O)c1c(O)c2ncccc2[nH]c1=O. The molecule has 0 atom stereocenters. The zero-order chi connectivity index (χ0) is 13.8. The van der Waals surface area contributed by atoms with Crippen LogP contribution in [0, 0.1) is 0 Å². The molecule has 0 bridgehead atoms. The number of nitrogens with one attached hydrogen (secondary N) is 2. The largest absolute Gasteiger partial charge is 0.505 e. The molecule has 0 saturated carbocycles. The van der Waals surface area contributed by atoms with E-state index in [-0.39, 0.29) is 17.6 Å². The Hall–Kier alpha value is -2.41. The molecule has 2 rings (SSSR count). The molecule has 2 heterocycles. The van der Waals surface area contributed by atoms with Crippen molar-refractivity contribution in [1.82, 2.24) is 15.3 Å². The second-order valence-corrected chi connectivity index (χ2v) is 3.83. The lowest BCUT2D eigenvalue weighted by atomic mass is 10.2. The standard InChI is InChI=1S/C12H13N3O4/c1-19-6-5-14-11(17)8-10(16)9-7(15-12(8)18)3-2-4-13-9/h2-4H,5-6H2,1H3,(H,14,17)(H2,15,16,18). The predicted molar refractivity (Wildman–Crippen MR) is 68.2 cm³/mol. The second kappa shape index (κ2) is 5.49. The highest BCUT2D eigenvalue weighted by Crippen LogP contribution is 2.21. The lowest BCUT2D eigenvalue weighted by Gasteiger charge is -2.07. The predicted octanol–water partition coefficient (Wildman–Crippen LogP) is 0.00490. The van der Waals surface area contributed by atoms with Crippen LogP contribution < -0.4 is 10.9 Å². The van der Waals surface area contributed by atoms with Crippen LogP contribution in [0.25, 0.3) is 11.0 Å². The number of H-pyrrole nitrogens is 1. The number of amides is 1. The number of aromatic nitrogens is 2. The summed E-state index contributed by atoms with van der Waals surface area (Å²) >= 11 is 0. The monoisotopic (exact) mass is 263 g/mol. The number of pyridine rings is 2. The Kier molecular flexibility index (Phi) is 3.76. The van der Waals surface area contributed by atoms with Gasteiger partial charge in [-0.1, -0.05) is 0 Å². The number of carbonyl (C=O) groups excluding carboxylic acids is 1. The third kappa shape index (κ3) is 2.55. The number of methoxy groups -OCH3 is 1. The Balaban J connectivity index is 2.43. The number of carbonyl (C=O) groups is 1. The first-order chi connectivity index (χ1) is 9.15. The van der Waals surface area contributed by atoms with Crippen molar-refractivity contribution >= 4 is 16.9 Å². The van der Waals surface area contributed by atoms with Gasteiger partial charge in [0.2, 0.25) is 0 Å². The Morgan fingerprint density at radius 2 is 2.37 bits per heavy atom. The van der Waals surface area contributed by atoms with E-state index >= 15 is 0 Å². The van der Waals surface area contributed by atoms with Crippen LogP contribution in [0.5, 0.6) is 5.75 Å². The van der Waals surface area contributed by atoms with Crippen LogP contribution in [0.4, 0.5) is 0 Å². The van der Waals surface area contributed by atoms with Gasteiger partial charge in [-0.2, -0.15) is 0 Å². The molecule has 0 aliphatic carbocycles. The minimum absolute atomic E-state index is 0.180. The molecule has 2 aromatic heterocycles. The number of aromatic hydroxyl groups is 1. The number of aromatic amines is 1. The van der Waals surface area contributed by atoms with E-state index in [9.17, 15) is 14.7 Å². The maximum atomic E-state index is 11.8. The van der Waals surface area contributed by atoms with Crippen LogP contribution in [-0.2, 0) is 4.74 Å². The normalized spacial score (nSPS) is 10.6. The van der Waals surface area contributed by atoms with Crippen molar-refractivity contribution in [3.05, 3.63) is 34.2 Å². The van der Waals surface area contributed by atoms with Gasteiger partial charge in [-0.25, -0.2) is 0 Å². The Morgan fingerprint density at radius 1 is 1.58 bits per heavy atom. The second-order valence-electron chi connectivity index (χ2n) is 3.83. The van der Waals surface area contributed by atoms with E-state index in [0.29, 0.717) is 12.1 Å². The molecule has 0 unspecified atom stereocenters. The van der Waals surface area contributed by atoms with Gasteiger partial charge in [-0.05, 0) is 12.1 Å². The smallest absolute Gasteiger partial charge is 0.265 e. The van der Waals surface area contributed by atoms with Gasteiger partial charge in [0.15, 0.2) is 5.75 Å². The van der Waals surface area contributed by atoms with E-state index in [1.54, 1.807) is 12.1 Å². The van der Waals surface area contributed by atoms with Crippen LogP contribution in [0.2, 0.25) is 0 Å². The first-order valence-electron chi connectivity index (χ1n) is 5.62. The van der Waals surface area contributed by atoms with E-state index in [4.69, 9.17) is 4.74 Å². The van der Waals surface area contributed by atoms with Crippen LogP contribution in [0.1, 0.15) is 10.4 Å². The number of hydrogen-bond donors (Lipinski definition) is 3. The summed E-state index contributed by atoms with van der Waals surface area (Å²) in [6, 6.07) is 3.21. The fourth-order valence-corrected chi connectivity index (χ4v) is 1.67. The summed E-state index contributed by atoms with van der Waals surface area (Å²) in [5.74, 6) is -1.09. The van der Waals surface area contributed by atoms with Crippen molar-refractivity contribution < 1.29 is 14.6 Å². The molecule has 0 saturated heterocycles. The highest BCUT2D eigenvalue weighted by Gasteiger charge is 2.19. The lowest BCUT2D eigenvalue weighted by molar-refractivity contribution is 0.0933. The van der Waals surface area contributed by atoms with Gasteiger partial charge in [0.05, 0.1) is 12.1 Å². The van der Waals surface area contributed by atoms with Gasteiger partial charge in [0.1, 0.15) is 11.1 Å². The average molecular weight is 263 g/mol. The van der Waals surface area contributed by atoms with Gasteiger partial charge in [0, 0.05) is 19.9 Å². The van der Waals surface area contributed by atoms with Crippen LogP contribution >= 0.6 is 0 Å². The Morgan fingerprint density at radius 3 is 3.11 bits per heavy atom. The number of hydrogen-bond acceptors (Lipinski definition) is 5. The molecule has 3 N–H and O–H groups in total. The molecule has 7 nitrogen and oxygen atoms in total. The molecular formula is C12H13N3O4. The van der Waals surface area contributed by atoms with E-state index in [1.165, 1.54) is 13.3 Å². The first kappa shape index (κ1) is 13.0. The summed E-state index contributed by atoms with van der Waals surface area (Å²) in [5, 5.41) is 12.5. The van der Waals surface area contributed by atoms with E-state index in [0.717, 1.165) is 0 Å². The number of nitrogens with zero attached hydrogens (tertiary/aromatic N) is 1. The average Bonchev–Trinajstić information content (AvgIpc) is 2.39. The summed E-state index contributed by atoms with van der Waals surface area (Å²) in [6.07, 6.45) is 1.47. The zero-order valence-corrected chi connectivity index (χ0v) is 10.3. The fraction of sp³-hybridized carbons (Fsp3) is 0.250. The van der Waals surface area contributed by atoms with Gasteiger partial charge >= 0.3 is 0 Å². The molecule has 1 amide bonds. The van der Waals surface area contributed by atoms with E-state index < -0.39 is 17.2 Å². The molecule has 2 aromatic rings. The number of fused-ring (bicyclic) bond motifs is 1. The first-order valence-corrected chi connectivity index (χ1v) is 5.62. The molecule has 0 fully saturated rings. The molecule has 19 heavy (non-hydrogen) atoms. The summed E-state index contributed by atoms with van der Waals surface area (Å²) in [4.78, 5) is 30.1. The van der Waals surface area contributed by atoms with Gasteiger partial charge in [-0.15, -0.1) is 0 Å². The van der Waals surface area contributed by atoms with Crippen LogP contribution in [0.15, 0.2) is 23.1 Å². The van der Waals surface area contributed by atoms with E-state index in [1.807, 2.05) is 0 Å². The number of rotatable bonds is 4. The van der Waals surface area contributed by atoms with E-state index in [2.05, 4.69) is 15.3 Å². The van der Waals surface area contributed by atoms with Gasteiger partial charge in [0.25, 0.3) is 11.5 Å². The third-order valence-corrected chi connectivity index (χ3v) is 2.56. The quantitative estimate of drug-likeness (QED) is 0.674. The minimum atomic E-state index is -0.664. The molecule has 7 heteroatoms. The maximum absolute atomic E-state index is 11.8. The highest BCUT2D eigenvalue weighted by molar-refractivity contribution is 6.00. The van der Waals surface area contributed by atoms with Crippen molar-refractivity contribution in [2.45, 2.75) is 0 Å². The van der Waals surface area contributed by atoms with Crippen molar-refractivity contribution in [2.24, 2.45) is 0 Å². The molecule has 0 aliphatic rings. The molecule has 0 aromatic carbocycles. The van der Waals surface area contributed by atoms with Crippen LogP contribution in [0.3, 0.4) is 0 Å². The zero-order valence-electron chi connectivity index (χ0n) is 10.3. The Bertz CT molecular complexity index is 666. The topological polar surface area (TPSA) is 104 Å². The number of ether oxygens (including phenoxy) is 1. The Labute approximate surface area is 108 Å². The summed E-state index contributed by atoms with van der Waals surface area (Å²) in [6.45, 7) is 0.560. The molecule has 100 valence electrons. The van der Waals surface area contributed by atoms with Crippen molar-refractivity contribution in [3.8, 4) is 5.75 Å². The lowest BCUT2D eigenvalue weighted by Crippen LogP contribution is -2.32. The fourth-order valence-electron chi connectivity index (χ4n) is 1.67. The molecule has 0 radical (unpaired) electrons. The van der Waals surface area contributed by atoms with Crippen LogP contribution in [-0.4, -0.2) is 41.2 Å². The molecular weight excluding hydrogens is 250 g/mol. The molecule has 0 spiro atoms. The van der Waals surface area contributed by atoms with Crippen molar-refractivity contribution in [3.63, 3.8) is 0 Å². The van der Waals surface area contributed by atoms with Gasteiger partial charge < -0.3 is 20.1 Å². The molecule has 0 aliphatic heterocycles. The minimum Gasteiger partial charge on any atom is -0.505 e. The van der Waals surface area contributed by atoms with Crippen molar-refractivity contribution in [2.75, 3.05) is 20.3 Å². The highest BCUT2D eigenvalue weighted by atomic mass is 16.5. The summed E-state index contributed by atoms with van der Waals surface area (Å²) < 4.78 is 4.78. The van der Waals surface area contributed by atoms with Crippen molar-refractivity contribution in [1.29, 1.82) is 0 Å². The summed E-state index contributed by atoms with van der Waals surface area (Å²) in [7, 11) is 1.50. The maximum Gasteiger partial charge on any atom is 0.265 e. The summed E-state index contributed by atoms with van der Waals surface area (Å²) in [5.41, 5.74) is -0.451. The third-order valence-electron chi connectivity index (χ3n) is 2.56.